The Labute approximate surface area is 156 Å². The number of halogens is 1. The van der Waals surface area contributed by atoms with E-state index in [1.807, 2.05) is 19.9 Å². The van der Waals surface area contributed by atoms with Gasteiger partial charge in [0.25, 0.3) is 11.8 Å². The molecule has 2 heterocycles. The van der Waals surface area contributed by atoms with Crippen LogP contribution < -0.4 is 15.0 Å². The van der Waals surface area contributed by atoms with Crippen molar-refractivity contribution in [2.24, 2.45) is 7.05 Å². The molecule has 26 heavy (non-hydrogen) atoms. The van der Waals surface area contributed by atoms with Crippen molar-refractivity contribution in [3.63, 3.8) is 0 Å². The fourth-order valence-electron chi connectivity index (χ4n) is 2.98. The Bertz CT molecular complexity index is 849. The minimum Gasteiger partial charge on any atom is -0.484 e. The number of amides is 2. The third kappa shape index (κ3) is 3.83. The van der Waals surface area contributed by atoms with Crippen LogP contribution in [0.15, 0.2) is 24.3 Å². The number of rotatable bonds is 5. The van der Waals surface area contributed by atoms with E-state index in [4.69, 9.17) is 16.3 Å². The van der Waals surface area contributed by atoms with Gasteiger partial charge < -0.3 is 10.1 Å². The molecule has 138 valence electrons. The molecule has 1 N–H and O–H groups in total. The number of benzene rings is 1. The summed E-state index contributed by atoms with van der Waals surface area (Å²) in [6.07, 6.45) is 0.550. The van der Waals surface area contributed by atoms with E-state index < -0.39 is 6.04 Å². The number of ether oxygens (including phenoxy) is 1. The van der Waals surface area contributed by atoms with Gasteiger partial charge in [-0.05, 0) is 44.0 Å². The van der Waals surface area contributed by atoms with Crippen LogP contribution in [0.25, 0.3) is 0 Å². The number of hydrogen-bond donors (Lipinski definition) is 1. The Balaban J connectivity index is 1.55. The SMILES string of the molecule is Cc1cc(N2CCC(NC(=O)COc3ccc(Cl)c(C)c3)C2=O)n(C)n1. The van der Waals surface area contributed by atoms with Crippen molar-refractivity contribution >= 4 is 29.2 Å². The Morgan fingerprint density at radius 3 is 2.81 bits per heavy atom. The van der Waals surface area contributed by atoms with Crippen LogP contribution in [-0.2, 0) is 16.6 Å². The second-order valence-corrected chi connectivity index (χ2v) is 6.77. The predicted octanol–water partition coefficient (Wildman–Crippen LogP) is 1.99. The van der Waals surface area contributed by atoms with E-state index >= 15 is 0 Å². The van der Waals surface area contributed by atoms with Gasteiger partial charge in [-0.15, -0.1) is 0 Å². The molecule has 1 aromatic carbocycles. The quantitative estimate of drug-likeness (QED) is 0.865. The standard InChI is InChI=1S/C18H21ClN4O3/c1-11-8-13(4-5-14(11)19)26-10-16(24)20-15-6-7-23(18(15)25)17-9-12(2)21-22(17)3/h4-5,8-9,15H,6-7,10H2,1-3H3,(H,20,24). The highest BCUT2D eigenvalue weighted by molar-refractivity contribution is 6.31. The molecule has 0 saturated carbocycles. The van der Waals surface area contributed by atoms with Crippen LogP contribution in [0.3, 0.4) is 0 Å². The molecular formula is C18H21ClN4O3. The monoisotopic (exact) mass is 376 g/mol. The molecule has 0 spiro atoms. The summed E-state index contributed by atoms with van der Waals surface area (Å²) in [6, 6.07) is 6.50. The first kappa shape index (κ1) is 18.3. The first-order valence-corrected chi connectivity index (χ1v) is 8.73. The number of carbonyl (C=O) groups excluding carboxylic acids is 2. The highest BCUT2D eigenvalue weighted by Gasteiger charge is 2.35. The number of nitrogens with zero attached hydrogens (tertiary/aromatic N) is 3. The fraction of sp³-hybridized carbons (Fsp3) is 0.389. The smallest absolute Gasteiger partial charge is 0.258 e. The molecule has 1 unspecified atom stereocenters. The molecule has 0 radical (unpaired) electrons. The summed E-state index contributed by atoms with van der Waals surface area (Å²) in [6.45, 7) is 4.12. The molecule has 0 bridgehead atoms. The maximum atomic E-state index is 12.6. The lowest BCUT2D eigenvalue weighted by atomic mass is 10.2. The van der Waals surface area contributed by atoms with Gasteiger partial charge in [-0.2, -0.15) is 5.10 Å². The maximum absolute atomic E-state index is 12.6. The van der Waals surface area contributed by atoms with Crippen molar-refractivity contribution in [2.45, 2.75) is 26.3 Å². The largest absolute Gasteiger partial charge is 0.484 e. The van der Waals surface area contributed by atoms with Gasteiger partial charge in [-0.3, -0.25) is 19.2 Å². The molecule has 1 fully saturated rings. The second kappa shape index (κ2) is 7.37. The van der Waals surface area contributed by atoms with E-state index in [0.717, 1.165) is 17.1 Å². The summed E-state index contributed by atoms with van der Waals surface area (Å²) in [7, 11) is 1.80. The van der Waals surface area contributed by atoms with Crippen LogP contribution in [0.4, 0.5) is 5.82 Å². The summed E-state index contributed by atoms with van der Waals surface area (Å²) in [4.78, 5) is 26.4. The van der Waals surface area contributed by atoms with Gasteiger partial charge in [-0.25, -0.2) is 0 Å². The molecule has 1 aliphatic heterocycles. The Hall–Kier alpha value is -2.54. The number of hydrogen-bond acceptors (Lipinski definition) is 4. The Morgan fingerprint density at radius 2 is 2.15 bits per heavy atom. The normalized spacial score (nSPS) is 16.8. The molecule has 1 aromatic heterocycles. The first-order valence-electron chi connectivity index (χ1n) is 8.35. The molecule has 8 heteroatoms. The molecule has 1 atom stereocenters. The third-order valence-electron chi connectivity index (χ3n) is 4.29. The highest BCUT2D eigenvalue weighted by atomic mass is 35.5. The van der Waals surface area contributed by atoms with Crippen molar-refractivity contribution in [3.8, 4) is 5.75 Å². The van der Waals surface area contributed by atoms with Gasteiger partial charge in [0.2, 0.25) is 0 Å². The number of anilines is 1. The molecular weight excluding hydrogens is 356 g/mol. The Kier molecular flexibility index (Phi) is 5.18. The van der Waals surface area contributed by atoms with E-state index in [9.17, 15) is 9.59 Å². The molecule has 0 aliphatic carbocycles. The van der Waals surface area contributed by atoms with Crippen LogP contribution >= 0.6 is 11.6 Å². The minimum atomic E-state index is -0.548. The zero-order chi connectivity index (χ0) is 18.8. The molecule has 1 saturated heterocycles. The van der Waals surface area contributed by atoms with E-state index in [1.54, 1.807) is 34.8 Å². The second-order valence-electron chi connectivity index (χ2n) is 6.37. The molecule has 1 aliphatic rings. The van der Waals surface area contributed by atoms with Gasteiger partial charge in [0.15, 0.2) is 6.61 Å². The van der Waals surface area contributed by atoms with E-state index in [-0.39, 0.29) is 18.4 Å². The first-order chi connectivity index (χ1) is 12.3. The lowest BCUT2D eigenvalue weighted by molar-refractivity contribution is -0.127. The molecule has 3 rings (SSSR count). The van der Waals surface area contributed by atoms with Gasteiger partial charge >= 0.3 is 0 Å². The summed E-state index contributed by atoms with van der Waals surface area (Å²) < 4.78 is 7.14. The van der Waals surface area contributed by atoms with Crippen molar-refractivity contribution in [3.05, 3.63) is 40.5 Å². The van der Waals surface area contributed by atoms with Crippen molar-refractivity contribution in [2.75, 3.05) is 18.1 Å². The highest BCUT2D eigenvalue weighted by Crippen LogP contribution is 2.23. The molecule has 2 amide bonds. The lowest BCUT2D eigenvalue weighted by Gasteiger charge is -2.17. The predicted molar refractivity (Wildman–Crippen MR) is 98.5 cm³/mol. The van der Waals surface area contributed by atoms with E-state index in [1.165, 1.54) is 0 Å². The number of aryl methyl sites for hydroxylation is 3. The van der Waals surface area contributed by atoms with Crippen molar-refractivity contribution < 1.29 is 14.3 Å². The average molecular weight is 377 g/mol. The molecule has 7 nitrogen and oxygen atoms in total. The third-order valence-corrected chi connectivity index (χ3v) is 4.72. The number of carbonyl (C=O) groups is 2. The zero-order valence-electron chi connectivity index (χ0n) is 15.0. The Morgan fingerprint density at radius 1 is 1.38 bits per heavy atom. The van der Waals surface area contributed by atoms with Gasteiger partial charge in [0.05, 0.1) is 5.69 Å². The lowest BCUT2D eigenvalue weighted by Crippen LogP contribution is -2.43. The summed E-state index contributed by atoms with van der Waals surface area (Å²) >= 11 is 5.97. The van der Waals surface area contributed by atoms with Crippen LogP contribution in [0.5, 0.6) is 5.75 Å². The van der Waals surface area contributed by atoms with Gasteiger partial charge in [-0.1, -0.05) is 11.6 Å². The van der Waals surface area contributed by atoms with Crippen molar-refractivity contribution in [1.82, 2.24) is 15.1 Å². The maximum Gasteiger partial charge on any atom is 0.258 e. The van der Waals surface area contributed by atoms with Gasteiger partial charge in [0, 0.05) is 24.7 Å². The van der Waals surface area contributed by atoms with Gasteiger partial charge in [0.1, 0.15) is 17.6 Å². The van der Waals surface area contributed by atoms with Crippen LogP contribution in [0.2, 0.25) is 5.02 Å². The summed E-state index contributed by atoms with van der Waals surface area (Å²) in [5.41, 5.74) is 1.71. The van der Waals surface area contributed by atoms with Crippen molar-refractivity contribution in [1.29, 1.82) is 0 Å². The number of aromatic nitrogens is 2. The topological polar surface area (TPSA) is 76.5 Å². The van der Waals surface area contributed by atoms with E-state index in [2.05, 4.69) is 10.4 Å². The fourth-order valence-corrected chi connectivity index (χ4v) is 3.10. The van der Waals surface area contributed by atoms with Crippen LogP contribution in [0, 0.1) is 13.8 Å². The summed E-state index contributed by atoms with van der Waals surface area (Å²) in [5, 5.41) is 7.64. The van der Waals surface area contributed by atoms with Crippen LogP contribution in [0.1, 0.15) is 17.7 Å². The average Bonchev–Trinajstić information content (AvgIpc) is 3.10. The summed E-state index contributed by atoms with van der Waals surface area (Å²) in [5.74, 6) is 0.826. The van der Waals surface area contributed by atoms with Crippen LogP contribution in [-0.4, -0.2) is 40.8 Å². The minimum absolute atomic E-state index is 0.135. The number of nitrogens with one attached hydrogen (secondary N) is 1. The molecule has 2 aromatic rings. The van der Waals surface area contributed by atoms with E-state index in [0.29, 0.717) is 23.7 Å². The zero-order valence-corrected chi connectivity index (χ0v) is 15.7.